The third kappa shape index (κ3) is 3.56. The summed E-state index contributed by atoms with van der Waals surface area (Å²) in [5.74, 6) is 0. The Balaban J connectivity index is 2.07. The summed E-state index contributed by atoms with van der Waals surface area (Å²) in [5.41, 5.74) is 2.63. The van der Waals surface area contributed by atoms with Crippen molar-refractivity contribution in [1.82, 2.24) is 9.80 Å². The van der Waals surface area contributed by atoms with Crippen molar-refractivity contribution in [3.8, 4) is 6.07 Å². The third-order valence-electron chi connectivity index (χ3n) is 4.10. The van der Waals surface area contributed by atoms with Crippen LogP contribution >= 0.6 is 0 Å². The SMILES string of the molecule is Cc1ccc(CN2CC(C)N(C)CC2CC#N)cc1. The van der Waals surface area contributed by atoms with Crippen LogP contribution in [0.3, 0.4) is 0 Å². The maximum atomic E-state index is 9.00. The summed E-state index contributed by atoms with van der Waals surface area (Å²) in [5, 5.41) is 9.00. The number of hydrogen-bond acceptors (Lipinski definition) is 3. The van der Waals surface area contributed by atoms with Gasteiger partial charge in [-0.15, -0.1) is 0 Å². The molecule has 1 saturated heterocycles. The Morgan fingerprint density at radius 2 is 1.95 bits per heavy atom. The van der Waals surface area contributed by atoms with E-state index in [0.717, 1.165) is 19.6 Å². The molecule has 3 nitrogen and oxygen atoms in total. The molecule has 0 saturated carbocycles. The van der Waals surface area contributed by atoms with Crippen LogP contribution in [0.4, 0.5) is 0 Å². The van der Waals surface area contributed by atoms with E-state index < -0.39 is 0 Å². The van der Waals surface area contributed by atoms with Gasteiger partial charge in [-0.2, -0.15) is 5.26 Å². The summed E-state index contributed by atoms with van der Waals surface area (Å²) in [6.07, 6.45) is 0.614. The molecular weight excluding hydrogens is 234 g/mol. The monoisotopic (exact) mass is 257 g/mol. The average Bonchev–Trinajstić information content (AvgIpc) is 2.38. The smallest absolute Gasteiger partial charge is 0.0638 e. The lowest BCUT2D eigenvalue weighted by atomic mass is 10.0. The van der Waals surface area contributed by atoms with Gasteiger partial charge in [-0.3, -0.25) is 4.90 Å². The first-order chi connectivity index (χ1) is 9.10. The third-order valence-corrected chi connectivity index (χ3v) is 4.10. The molecule has 19 heavy (non-hydrogen) atoms. The molecule has 0 aromatic heterocycles. The second-order valence-electron chi connectivity index (χ2n) is 5.72. The minimum atomic E-state index is 0.354. The van der Waals surface area contributed by atoms with Crippen molar-refractivity contribution in [3.05, 3.63) is 35.4 Å². The van der Waals surface area contributed by atoms with E-state index in [2.05, 4.69) is 61.0 Å². The van der Waals surface area contributed by atoms with Crippen molar-refractivity contribution in [2.75, 3.05) is 20.1 Å². The van der Waals surface area contributed by atoms with Gasteiger partial charge < -0.3 is 4.90 Å². The Bertz CT molecular complexity index is 446. The topological polar surface area (TPSA) is 30.3 Å². The van der Waals surface area contributed by atoms with Crippen molar-refractivity contribution in [3.63, 3.8) is 0 Å². The fraction of sp³-hybridized carbons (Fsp3) is 0.562. The van der Waals surface area contributed by atoms with Crippen molar-refractivity contribution < 1.29 is 0 Å². The predicted molar refractivity (Wildman–Crippen MR) is 77.7 cm³/mol. The zero-order valence-electron chi connectivity index (χ0n) is 12.1. The number of hydrogen-bond donors (Lipinski definition) is 0. The zero-order valence-corrected chi connectivity index (χ0v) is 12.1. The Hall–Kier alpha value is -1.37. The van der Waals surface area contributed by atoms with Crippen LogP contribution in [-0.4, -0.2) is 42.0 Å². The van der Waals surface area contributed by atoms with Gasteiger partial charge in [0.05, 0.1) is 12.5 Å². The maximum absolute atomic E-state index is 9.00. The minimum Gasteiger partial charge on any atom is -0.301 e. The molecule has 2 unspecified atom stereocenters. The molecule has 0 N–H and O–H groups in total. The number of nitriles is 1. The van der Waals surface area contributed by atoms with E-state index in [-0.39, 0.29) is 0 Å². The summed E-state index contributed by atoms with van der Waals surface area (Å²) in [7, 11) is 2.15. The van der Waals surface area contributed by atoms with Gasteiger partial charge in [-0.25, -0.2) is 0 Å². The maximum Gasteiger partial charge on any atom is 0.0638 e. The zero-order chi connectivity index (χ0) is 13.8. The van der Waals surface area contributed by atoms with Crippen molar-refractivity contribution in [1.29, 1.82) is 5.26 Å². The van der Waals surface area contributed by atoms with E-state index in [9.17, 15) is 0 Å². The van der Waals surface area contributed by atoms with Gasteiger partial charge in [-0.1, -0.05) is 29.8 Å². The first-order valence-electron chi connectivity index (χ1n) is 6.97. The van der Waals surface area contributed by atoms with Crippen LogP contribution in [0, 0.1) is 18.3 Å². The van der Waals surface area contributed by atoms with Crippen LogP contribution in [0.2, 0.25) is 0 Å². The molecule has 2 rings (SSSR count). The van der Waals surface area contributed by atoms with E-state index in [0.29, 0.717) is 18.5 Å². The number of likely N-dealkylation sites (N-methyl/N-ethyl adjacent to an activating group) is 1. The first-order valence-corrected chi connectivity index (χ1v) is 6.97. The van der Waals surface area contributed by atoms with E-state index in [1.807, 2.05) is 0 Å². The number of aryl methyl sites for hydroxylation is 1. The lowest BCUT2D eigenvalue weighted by molar-refractivity contribution is 0.0480. The molecule has 1 fully saturated rings. The van der Waals surface area contributed by atoms with Crippen molar-refractivity contribution in [2.45, 2.75) is 38.9 Å². The van der Waals surface area contributed by atoms with E-state index in [1.54, 1.807) is 0 Å². The normalized spacial score (nSPS) is 25.2. The van der Waals surface area contributed by atoms with Gasteiger partial charge >= 0.3 is 0 Å². The number of rotatable bonds is 3. The molecule has 0 radical (unpaired) electrons. The summed E-state index contributed by atoms with van der Waals surface area (Å²) in [6, 6.07) is 12.0. The highest BCUT2D eigenvalue weighted by Gasteiger charge is 2.29. The molecular formula is C16H23N3. The van der Waals surface area contributed by atoms with Gasteiger partial charge in [-0.05, 0) is 26.5 Å². The van der Waals surface area contributed by atoms with Crippen LogP contribution in [0.1, 0.15) is 24.5 Å². The fourth-order valence-corrected chi connectivity index (χ4v) is 2.68. The predicted octanol–water partition coefficient (Wildman–Crippen LogP) is 2.41. The lowest BCUT2D eigenvalue weighted by Crippen LogP contribution is -2.55. The molecule has 1 aromatic carbocycles. The average molecular weight is 257 g/mol. The largest absolute Gasteiger partial charge is 0.301 e. The van der Waals surface area contributed by atoms with Crippen LogP contribution in [0.5, 0.6) is 0 Å². The highest BCUT2D eigenvalue weighted by molar-refractivity contribution is 5.21. The molecule has 1 heterocycles. The molecule has 0 aliphatic carbocycles. The Morgan fingerprint density at radius 3 is 2.58 bits per heavy atom. The number of benzene rings is 1. The molecule has 1 aliphatic rings. The molecule has 3 heteroatoms. The lowest BCUT2D eigenvalue weighted by Gasteiger charge is -2.43. The van der Waals surface area contributed by atoms with Crippen molar-refractivity contribution >= 4 is 0 Å². The highest BCUT2D eigenvalue weighted by atomic mass is 15.3. The first kappa shape index (κ1) is 14.0. The Morgan fingerprint density at radius 1 is 1.26 bits per heavy atom. The van der Waals surface area contributed by atoms with E-state index in [1.165, 1.54) is 11.1 Å². The molecule has 0 spiro atoms. The van der Waals surface area contributed by atoms with Gasteiger partial charge in [0, 0.05) is 31.7 Å². The standard InChI is InChI=1S/C16H23N3/c1-13-4-6-15(7-5-13)11-19-10-14(2)18(3)12-16(19)8-9-17/h4-7,14,16H,8,10-12H2,1-3H3. The molecule has 0 amide bonds. The summed E-state index contributed by atoms with van der Waals surface area (Å²) < 4.78 is 0. The van der Waals surface area contributed by atoms with Crippen LogP contribution in [-0.2, 0) is 6.54 Å². The van der Waals surface area contributed by atoms with Gasteiger partial charge in [0.1, 0.15) is 0 Å². The fourth-order valence-electron chi connectivity index (χ4n) is 2.68. The van der Waals surface area contributed by atoms with Crippen molar-refractivity contribution in [2.24, 2.45) is 0 Å². The molecule has 0 bridgehead atoms. The van der Waals surface area contributed by atoms with E-state index >= 15 is 0 Å². The Kier molecular flexibility index (Phi) is 4.57. The van der Waals surface area contributed by atoms with Gasteiger partial charge in [0.25, 0.3) is 0 Å². The number of nitrogens with zero attached hydrogens (tertiary/aromatic N) is 3. The summed E-state index contributed by atoms with van der Waals surface area (Å²) >= 11 is 0. The van der Waals surface area contributed by atoms with Gasteiger partial charge in [0.2, 0.25) is 0 Å². The second-order valence-corrected chi connectivity index (χ2v) is 5.72. The summed E-state index contributed by atoms with van der Waals surface area (Å²) in [6.45, 7) is 7.34. The van der Waals surface area contributed by atoms with Crippen LogP contribution < -0.4 is 0 Å². The van der Waals surface area contributed by atoms with Crippen LogP contribution in [0.15, 0.2) is 24.3 Å². The summed E-state index contributed by atoms with van der Waals surface area (Å²) in [4.78, 5) is 4.81. The quantitative estimate of drug-likeness (QED) is 0.833. The molecule has 102 valence electrons. The molecule has 2 atom stereocenters. The van der Waals surface area contributed by atoms with Crippen LogP contribution in [0.25, 0.3) is 0 Å². The highest BCUT2D eigenvalue weighted by Crippen LogP contribution is 2.19. The number of piperazine rings is 1. The Labute approximate surface area is 116 Å². The second kappa shape index (κ2) is 6.18. The minimum absolute atomic E-state index is 0.354. The molecule has 1 aromatic rings. The molecule has 1 aliphatic heterocycles. The van der Waals surface area contributed by atoms with Gasteiger partial charge in [0.15, 0.2) is 0 Å². The van der Waals surface area contributed by atoms with E-state index in [4.69, 9.17) is 5.26 Å².